The lowest BCUT2D eigenvalue weighted by Gasteiger charge is -2.43. The zero-order valence-electron chi connectivity index (χ0n) is 13.2. The number of aliphatic hydroxyl groups excluding tert-OH is 1. The zero-order valence-corrected chi connectivity index (χ0v) is 13.2. The Labute approximate surface area is 130 Å². The summed E-state index contributed by atoms with van der Waals surface area (Å²) in [6.07, 6.45) is -2.72. The Bertz CT molecular complexity index is 283. The molecule has 1 rings (SSSR count). The predicted molar refractivity (Wildman–Crippen MR) is 76.8 cm³/mol. The van der Waals surface area contributed by atoms with Crippen molar-refractivity contribution in [2.75, 3.05) is 47.5 Å². The molecule has 2 unspecified atom stereocenters. The highest BCUT2D eigenvalue weighted by atomic mass is 16.7. The summed E-state index contributed by atoms with van der Waals surface area (Å²) >= 11 is 0. The average molecular weight is 324 g/mol. The molecule has 22 heavy (non-hydrogen) atoms. The molecule has 0 bridgehead atoms. The van der Waals surface area contributed by atoms with Gasteiger partial charge in [0.15, 0.2) is 6.29 Å². The van der Waals surface area contributed by atoms with E-state index in [1.54, 1.807) is 0 Å². The van der Waals surface area contributed by atoms with E-state index in [4.69, 9.17) is 39.9 Å². The summed E-state index contributed by atoms with van der Waals surface area (Å²) in [7, 11) is 2.98. The minimum atomic E-state index is -0.912. The Balaban J connectivity index is 2.59. The first-order valence-electron chi connectivity index (χ1n) is 7.25. The minimum Gasteiger partial charge on any atom is -0.387 e. The van der Waals surface area contributed by atoms with Crippen LogP contribution < -0.4 is 11.5 Å². The second kappa shape index (κ2) is 11.2. The summed E-state index contributed by atoms with van der Waals surface area (Å²) in [5.74, 6) is 0. The molecule has 1 aliphatic heterocycles. The normalized spacial score (nSPS) is 32.3. The van der Waals surface area contributed by atoms with Crippen LogP contribution >= 0.6 is 0 Å². The average Bonchev–Trinajstić information content (AvgIpc) is 2.53. The van der Waals surface area contributed by atoms with Gasteiger partial charge >= 0.3 is 0 Å². The second-order valence-electron chi connectivity index (χ2n) is 4.81. The fourth-order valence-corrected chi connectivity index (χ4v) is 2.26. The Morgan fingerprint density at radius 3 is 2.45 bits per heavy atom. The zero-order chi connectivity index (χ0) is 16.4. The van der Waals surface area contributed by atoms with Crippen LogP contribution in [0.1, 0.15) is 6.42 Å². The van der Waals surface area contributed by atoms with Crippen LogP contribution in [0.3, 0.4) is 0 Å². The van der Waals surface area contributed by atoms with Crippen molar-refractivity contribution in [3.05, 3.63) is 0 Å². The van der Waals surface area contributed by atoms with E-state index in [2.05, 4.69) is 0 Å². The highest BCUT2D eigenvalue weighted by molar-refractivity contribution is 4.91. The van der Waals surface area contributed by atoms with Gasteiger partial charge in [0.2, 0.25) is 0 Å². The third-order valence-corrected chi connectivity index (χ3v) is 3.35. The van der Waals surface area contributed by atoms with E-state index in [1.165, 1.54) is 14.2 Å². The quantitative estimate of drug-likeness (QED) is 0.303. The van der Waals surface area contributed by atoms with E-state index in [0.717, 1.165) is 0 Å². The van der Waals surface area contributed by atoms with Gasteiger partial charge in [-0.15, -0.1) is 0 Å². The molecule has 0 radical (unpaired) electrons. The van der Waals surface area contributed by atoms with Gasteiger partial charge in [0, 0.05) is 20.8 Å². The summed E-state index contributed by atoms with van der Waals surface area (Å²) in [4.78, 5) is 0. The summed E-state index contributed by atoms with van der Waals surface area (Å²) in [5, 5.41) is 10.5. The maximum absolute atomic E-state index is 10.5. The highest BCUT2D eigenvalue weighted by Crippen LogP contribution is 2.26. The fraction of sp³-hybridized carbons (Fsp3) is 1.00. The number of hydrogen-bond acceptors (Lipinski definition) is 9. The molecule has 0 aromatic heterocycles. The van der Waals surface area contributed by atoms with Gasteiger partial charge < -0.3 is 45.0 Å². The summed E-state index contributed by atoms with van der Waals surface area (Å²) in [6.45, 7) is 1.19. The molecule has 0 amide bonds. The van der Waals surface area contributed by atoms with E-state index >= 15 is 0 Å². The number of rotatable bonds is 11. The second-order valence-corrected chi connectivity index (χ2v) is 4.81. The standard InChI is InChI=1S/C13H28N2O7/c1-17-11-9(6-19-8-20-7-15)22-13(18-2)12(10(11)16)21-5-3-4-14/h9-13,16H,3-8,14-15H2,1-2H3/t9?,10?,11-,12+,13+/m1/s1. The minimum absolute atomic E-state index is 0.0387. The third-order valence-electron chi connectivity index (χ3n) is 3.35. The molecular formula is C13H28N2O7. The highest BCUT2D eigenvalue weighted by Gasteiger charge is 2.46. The fourth-order valence-electron chi connectivity index (χ4n) is 2.26. The number of hydrogen-bond donors (Lipinski definition) is 3. The van der Waals surface area contributed by atoms with Crippen molar-refractivity contribution in [1.82, 2.24) is 0 Å². The smallest absolute Gasteiger partial charge is 0.186 e. The lowest BCUT2D eigenvalue weighted by atomic mass is 9.99. The molecule has 5 atom stereocenters. The molecule has 1 fully saturated rings. The molecule has 132 valence electrons. The van der Waals surface area contributed by atoms with Crippen molar-refractivity contribution in [1.29, 1.82) is 0 Å². The Morgan fingerprint density at radius 1 is 1.09 bits per heavy atom. The summed E-state index contributed by atoms with van der Waals surface area (Å²) in [5.41, 5.74) is 10.6. The first-order valence-corrected chi connectivity index (χ1v) is 7.25. The maximum atomic E-state index is 10.5. The first kappa shape index (κ1) is 19.7. The number of ether oxygens (including phenoxy) is 6. The molecule has 0 aliphatic carbocycles. The van der Waals surface area contributed by atoms with Gasteiger partial charge in [0.25, 0.3) is 0 Å². The molecule has 1 heterocycles. The van der Waals surface area contributed by atoms with Crippen molar-refractivity contribution in [3.8, 4) is 0 Å². The number of methoxy groups -OCH3 is 2. The van der Waals surface area contributed by atoms with Gasteiger partial charge in [-0.2, -0.15) is 0 Å². The molecule has 0 aromatic rings. The van der Waals surface area contributed by atoms with E-state index in [0.29, 0.717) is 19.6 Å². The van der Waals surface area contributed by atoms with Crippen LogP contribution in [-0.2, 0) is 28.4 Å². The van der Waals surface area contributed by atoms with E-state index in [-0.39, 0.29) is 20.1 Å². The third kappa shape index (κ3) is 5.69. The molecule has 5 N–H and O–H groups in total. The van der Waals surface area contributed by atoms with E-state index in [1.807, 2.05) is 0 Å². The van der Waals surface area contributed by atoms with Gasteiger partial charge in [0.1, 0.15) is 31.2 Å². The van der Waals surface area contributed by atoms with Gasteiger partial charge in [-0.25, -0.2) is 0 Å². The van der Waals surface area contributed by atoms with Crippen LogP contribution in [0.4, 0.5) is 0 Å². The van der Waals surface area contributed by atoms with Gasteiger partial charge in [-0.1, -0.05) is 0 Å². The lowest BCUT2D eigenvalue weighted by molar-refractivity contribution is -0.310. The van der Waals surface area contributed by atoms with Crippen molar-refractivity contribution in [2.45, 2.75) is 37.1 Å². The Kier molecular flexibility index (Phi) is 10.0. The van der Waals surface area contributed by atoms with Crippen molar-refractivity contribution in [3.63, 3.8) is 0 Å². The largest absolute Gasteiger partial charge is 0.387 e. The molecule has 1 aliphatic rings. The van der Waals surface area contributed by atoms with E-state index < -0.39 is 30.7 Å². The number of aliphatic hydroxyl groups is 1. The van der Waals surface area contributed by atoms with Crippen LogP contribution in [0.5, 0.6) is 0 Å². The van der Waals surface area contributed by atoms with Gasteiger partial charge in [-0.3, -0.25) is 0 Å². The Morgan fingerprint density at radius 2 is 1.86 bits per heavy atom. The van der Waals surface area contributed by atoms with E-state index in [9.17, 15) is 5.11 Å². The number of nitrogens with two attached hydrogens (primary N) is 2. The van der Waals surface area contributed by atoms with Gasteiger partial charge in [-0.05, 0) is 13.0 Å². The van der Waals surface area contributed by atoms with Crippen LogP contribution in [-0.4, -0.2) is 83.3 Å². The Hall–Kier alpha value is -0.360. The van der Waals surface area contributed by atoms with Crippen molar-refractivity contribution < 1.29 is 33.5 Å². The monoisotopic (exact) mass is 324 g/mol. The van der Waals surface area contributed by atoms with Crippen molar-refractivity contribution >= 4 is 0 Å². The first-order chi connectivity index (χ1) is 10.7. The summed E-state index contributed by atoms with van der Waals surface area (Å²) < 4.78 is 32.1. The molecule has 0 saturated carbocycles. The molecule has 0 aromatic carbocycles. The SMILES string of the molecule is CO[C@@H]1C(COCOCN)O[C@H](OC)[C@@H](OCCCN)C1O. The van der Waals surface area contributed by atoms with Crippen LogP contribution in [0, 0.1) is 0 Å². The van der Waals surface area contributed by atoms with Crippen LogP contribution in [0.2, 0.25) is 0 Å². The molecular weight excluding hydrogens is 296 g/mol. The topological polar surface area (TPSA) is 128 Å². The predicted octanol–water partition coefficient (Wildman–Crippen LogP) is -1.63. The van der Waals surface area contributed by atoms with Crippen molar-refractivity contribution in [2.24, 2.45) is 11.5 Å². The molecule has 1 saturated heterocycles. The molecule has 9 nitrogen and oxygen atoms in total. The maximum Gasteiger partial charge on any atom is 0.186 e. The summed E-state index contributed by atoms with van der Waals surface area (Å²) in [6, 6.07) is 0. The van der Waals surface area contributed by atoms with Crippen LogP contribution in [0.15, 0.2) is 0 Å². The molecule has 9 heteroatoms. The van der Waals surface area contributed by atoms with Crippen LogP contribution in [0.25, 0.3) is 0 Å². The lowest BCUT2D eigenvalue weighted by Crippen LogP contribution is -2.60. The molecule has 0 spiro atoms. The van der Waals surface area contributed by atoms with Gasteiger partial charge in [0.05, 0.1) is 13.3 Å².